The van der Waals surface area contributed by atoms with Crippen molar-refractivity contribution in [2.75, 3.05) is 13.2 Å². The Morgan fingerprint density at radius 2 is 1.54 bits per heavy atom. The lowest BCUT2D eigenvalue weighted by atomic mass is 10.1. The molecule has 0 bridgehead atoms. The predicted octanol–water partition coefficient (Wildman–Crippen LogP) is 6.70. The fourth-order valence-corrected chi connectivity index (χ4v) is 2.85. The minimum atomic E-state index is 0.569. The molecule has 1 aromatic carbocycles. The number of unbranched alkanes of at least 4 members (excludes halogenated alkanes) is 6. The summed E-state index contributed by atoms with van der Waals surface area (Å²) in [5.41, 5.74) is 1.87. The molecule has 2 rings (SSSR count). The van der Waals surface area contributed by atoms with Crippen molar-refractivity contribution >= 4 is 0 Å². The Morgan fingerprint density at radius 1 is 0.821 bits per heavy atom. The van der Waals surface area contributed by atoms with Crippen LogP contribution < -0.4 is 9.47 Å². The number of nitrogens with zero attached hydrogens (tertiary/aromatic N) is 2. The van der Waals surface area contributed by atoms with Gasteiger partial charge in [-0.2, -0.15) is 0 Å². The van der Waals surface area contributed by atoms with Crippen LogP contribution in [-0.2, 0) is 0 Å². The van der Waals surface area contributed by atoms with Gasteiger partial charge in [-0.25, -0.2) is 9.97 Å². The maximum atomic E-state index is 5.80. The lowest BCUT2D eigenvalue weighted by molar-refractivity contribution is 0.256. The first-order chi connectivity index (χ1) is 13.7. The lowest BCUT2D eigenvalue weighted by Crippen LogP contribution is -2.07. The summed E-state index contributed by atoms with van der Waals surface area (Å²) in [5, 5.41) is 0. The van der Waals surface area contributed by atoms with Crippen molar-refractivity contribution in [3.63, 3.8) is 0 Å². The van der Waals surface area contributed by atoms with Gasteiger partial charge in [-0.05, 0) is 36.6 Å². The average Bonchev–Trinajstić information content (AvgIpc) is 2.74. The summed E-state index contributed by atoms with van der Waals surface area (Å²) in [4.78, 5) is 8.88. The van der Waals surface area contributed by atoms with E-state index in [0.717, 1.165) is 36.5 Å². The van der Waals surface area contributed by atoms with Crippen LogP contribution >= 0.6 is 0 Å². The molecule has 0 fully saturated rings. The SMILES string of the molecule is CCCCCCCCCOc1cnc(-c2ccc(OCC(C)CC)cc2)cn1. The Balaban J connectivity index is 1.71. The monoisotopic (exact) mass is 384 g/mol. The molecule has 1 unspecified atom stereocenters. The molecule has 1 atom stereocenters. The topological polar surface area (TPSA) is 44.2 Å². The van der Waals surface area contributed by atoms with Gasteiger partial charge in [0.1, 0.15) is 5.75 Å². The zero-order valence-corrected chi connectivity index (χ0v) is 17.8. The van der Waals surface area contributed by atoms with Crippen molar-refractivity contribution in [2.24, 2.45) is 5.92 Å². The minimum Gasteiger partial charge on any atom is -0.493 e. The maximum Gasteiger partial charge on any atom is 0.232 e. The quantitative estimate of drug-likeness (QED) is 0.340. The summed E-state index contributed by atoms with van der Waals surface area (Å²) in [6, 6.07) is 8.03. The van der Waals surface area contributed by atoms with Crippen molar-refractivity contribution in [1.29, 1.82) is 0 Å². The number of rotatable bonds is 14. The third-order valence-electron chi connectivity index (χ3n) is 5.01. The zero-order chi connectivity index (χ0) is 20.0. The summed E-state index contributed by atoms with van der Waals surface area (Å²) in [6.45, 7) is 8.09. The van der Waals surface area contributed by atoms with Crippen LogP contribution in [-0.4, -0.2) is 23.2 Å². The van der Waals surface area contributed by atoms with E-state index in [1.807, 2.05) is 24.3 Å². The van der Waals surface area contributed by atoms with Gasteiger partial charge in [-0.3, -0.25) is 0 Å². The number of benzene rings is 1. The fourth-order valence-electron chi connectivity index (χ4n) is 2.85. The van der Waals surface area contributed by atoms with E-state index in [0.29, 0.717) is 18.4 Å². The molecule has 1 aromatic heterocycles. The molecule has 0 aliphatic rings. The third kappa shape index (κ3) is 8.28. The van der Waals surface area contributed by atoms with Gasteiger partial charge in [-0.15, -0.1) is 0 Å². The largest absolute Gasteiger partial charge is 0.493 e. The molecule has 0 saturated carbocycles. The van der Waals surface area contributed by atoms with Gasteiger partial charge in [0.15, 0.2) is 0 Å². The lowest BCUT2D eigenvalue weighted by Gasteiger charge is -2.11. The van der Waals surface area contributed by atoms with Gasteiger partial charge in [0.05, 0.1) is 31.3 Å². The second-order valence-corrected chi connectivity index (χ2v) is 7.56. The molecule has 2 aromatic rings. The fraction of sp³-hybridized carbons (Fsp3) is 0.583. The summed E-state index contributed by atoms with van der Waals surface area (Å²) in [7, 11) is 0. The van der Waals surface area contributed by atoms with E-state index in [1.54, 1.807) is 12.4 Å². The van der Waals surface area contributed by atoms with Crippen LogP contribution in [0.2, 0.25) is 0 Å². The normalized spacial score (nSPS) is 12.0. The van der Waals surface area contributed by atoms with Gasteiger partial charge < -0.3 is 9.47 Å². The van der Waals surface area contributed by atoms with Crippen molar-refractivity contribution in [3.05, 3.63) is 36.7 Å². The second kappa shape index (κ2) is 13.1. The van der Waals surface area contributed by atoms with E-state index in [2.05, 4.69) is 30.7 Å². The van der Waals surface area contributed by atoms with E-state index in [4.69, 9.17) is 9.47 Å². The first-order valence-corrected chi connectivity index (χ1v) is 10.9. The molecule has 0 aliphatic heterocycles. The summed E-state index contributed by atoms with van der Waals surface area (Å²) in [6.07, 6.45) is 13.6. The molecule has 0 aliphatic carbocycles. The molecule has 0 radical (unpaired) electrons. The highest BCUT2D eigenvalue weighted by atomic mass is 16.5. The molecule has 28 heavy (non-hydrogen) atoms. The van der Waals surface area contributed by atoms with Gasteiger partial charge in [-0.1, -0.05) is 65.7 Å². The number of aromatic nitrogens is 2. The molecular weight excluding hydrogens is 348 g/mol. The number of ether oxygens (including phenoxy) is 2. The smallest absolute Gasteiger partial charge is 0.232 e. The second-order valence-electron chi connectivity index (χ2n) is 7.56. The first-order valence-electron chi connectivity index (χ1n) is 10.9. The summed E-state index contributed by atoms with van der Waals surface area (Å²) in [5.74, 6) is 2.06. The molecular formula is C24H36N2O2. The highest BCUT2D eigenvalue weighted by Gasteiger charge is 2.04. The molecule has 4 heteroatoms. The third-order valence-corrected chi connectivity index (χ3v) is 5.01. The zero-order valence-electron chi connectivity index (χ0n) is 17.8. The summed E-state index contributed by atoms with van der Waals surface area (Å²) >= 11 is 0. The first kappa shape index (κ1) is 22.2. The molecule has 0 saturated heterocycles. The minimum absolute atomic E-state index is 0.569. The Labute approximate surface area is 170 Å². The molecule has 154 valence electrons. The van der Waals surface area contributed by atoms with Crippen LogP contribution in [0.15, 0.2) is 36.7 Å². The standard InChI is InChI=1S/C24H36N2O2/c1-4-6-7-8-9-10-11-16-27-24-18-25-23(17-26-24)21-12-14-22(15-13-21)28-19-20(3)5-2/h12-15,17-18,20H,4-11,16,19H2,1-3H3. The van der Waals surface area contributed by atoms with E-state index in [-0.39, 0.29) is 0 Å². The molecule has 4 nitrogen and oxygen atoms in total. The molecule has 0 N–H and O–H groups in total. The van der Waals surface area contributed by atoms with Crippen LogP contribution in [0, 0.1) is 5.92 Å². The van der Waals surface area contributed by atoms with Crippen LogP contribution in [0.4, 0.5) is 0 Å². The summed E-state index contributed by atoms with van der Waals surface area (Å²) < 4.78 is 11.5. The number of hydrogen-bond acceptors (Lipinski definition) is 4. The molecule has 0 spiro atoms. The maximum absolute atomic E-state index is 5.80. The Morgan fingerprint density at radius 3 is 2.18 bits per heavy atom. The van der Waals surface area contributed by atoms with E-state index in [9.17, 15) is 0 Å². The van der Waals surface area contributed by atoms with Crippen LogP contribution in [0.1, 0.15) is 72.1 Å². The highest BCUT2D eigenvalue weighted by molar-refractivity contribution is 5.59. The van der Waals surface area contributed by atoms with Gasteiger partial charge >= 0.3 is 0 Å². The van der Waals surface area contributed by atoms with E-state index >= 15 is 0 Å². The van der Waals surface area contributed by atoms with Gasteiger partial charge in [0, 0.05) is 5.56 Å². The Hall–Kier alpha value is -2.10. The van der Waals surface area contributed by atoms with Crippen molar-refractivity contribution in [1.82, 2.24) is 9.97 Å². The predicted molar refractivity (Wildman–Crippen MR) is 116 cm³/mol. The Bertz CT molecular complexity index is 641. The van der Waals surface area contributed by atoms with Gasteiger partial charge in [0.25, 0.3) is 0 Å². The molecule has 0 amide bonds. The van der Waals surface area contributed by atoms with E-state index < -0.39 is 0 Å². The van der Waals surface area contributed by atoms with Crippen molar-refractivity contribution in [3.8, 4) is 22.9 Å². The van der Waals surface area contributed by atoms with Crippen LogP contribution in [0.25, 0.3) is 11.3 Å². The van der Waals surface area contributed by atoms with Gasteiger partial charge in [0.2, 0.25) is 5.88 Å². The molecule has 1 heterocycles. The average molecular weight is 385 g/mol. The van der Waals surface area contributed by atoms with Crippen LogP contribution in [0.3, 0.4) is 0 Å². The van der Waals surface area contributed by atoms with Crippen LogP contribution in [0.5, 0.6) is 11.6 Å². The highest BCUT2D eigenvalue weighted by Crippen LogP contribution is 2.21. The van der Waals surface area contributed by atoms with Crippen molar-refractivity contribution < 1.29 is 9.47 Å². The van der Waals surface area contributed by atoms with E-state index in [1.165, 1.54) is 38.5 Å². The number of hydrogen-bond donors (Lipinski definition) is 0. The van der Waals surface area contributed by atoms with Crippen molar-refractivity contribution in [2.45, 2.75) is 72.1 Å². The Kier molecular flexibility index (Phi) is 10.4.